The molecular formula is C12H16ClNO2. The molecule has 0 aromatic heterocycles. The third kappa shape index (κ3) is 1.69. The zero-order chi connectivity index (χ0) is 12.1. The monoisotopic (exact) mass is 241 g/mol. The average molecular weight is 242 g/mol. The summed E-state index contributed by atoms with van der Waals surface area (Å²) in [6.45, 7) is 5.64. The van der Waals surface area contributed by atoms with Crippen LogP contribution in [0, 0.1) is 6.92 Å². The molecule has 16 heavy (non-hydrogen) atoms. The number of nitrogens with two attached hydrogens (primary N) is 1. The molecule has 88 valence electrons. The first-order valence-corrected chi connectivity index (χ1v) is 5.63. The van der Waals surface area contributed by atoms with Gasteiger partial charge in [0.2, 0.25) is 0 Å². The number of aliphatic hydroxyl groups excluding tert-OH is 1. The number of rotatable bonds is 0. The summed E-state index contributed by atoms with van der Waals surface area (Å²) in [5.74, 6) is 0.668. The molecule has 0 aliphatic carbocycles. The quantitative estimate of drug-likeness (QED) is 0.732. The first kappa shape index (κ1) is 11.7. The van der Waals surface area contributed by atoms with Crippen LogP contribution in [0.4, 0.5) is 0 Å². The molecule has 0 radical (unpaired) electrons. The smallest absolute Gasteiger partial charge is 0.126 e. The van der Waals surface area contributed by atoms with Crippen molar-refractivity contribution in [2.24, 2.45) is 5.73 Å². The van der Waals surface area contributed by atoms with Crippen LogP contribution in [0.1, 0.15) is 31.1 Å². The van der Waals surface area contributed by atoms with Crippen LogP contribution >= 0.6 is 11.6 Å². The lowest BCUT2D eigenvalue weighted by molar-refractivity contribution is -0.0117. The molecule has 3 N–H and O–H groups in total. The minimum Gasteiger partial charge on any atom is -0.486 e. The Morgan fingerprint density at radius 1 is 1.44 bits per heavy atom. The van der Waals surface area contributed by atoms with Crippen molar-refractivity contribution in [1.82, 2.24) is 0 Å². The van der Waals surface area contributed by atoms with E-state index in [1.807, 2.05) is 26.8 Å². The summed E-state index contributed by atoms with van der Waals surface area (Å²) in [6, 6.07) is 3.11. The van der Waals surface area contributed by atoms with Gasteiger partial charge >= 0.3 is 0 Å². The van der Waals surface area contributed by atoms with Gasteiger partial charge in [0.05, 0.1) is 6.04 Å². The molecular weight excluding hydrogens is 226 g/mol. The van der Waals surface area contributed by atoms with Gasteiger partial charge in [-0.15, -0.1) is 0 Å². The second kappa shape index (κ2) is 3.62. The van der Waals surface area contributed by atoms with Crippen molar-refractivity contribution in [2.75, 3.05) is 0 Å². The molecule has 1 aliphatic heterocycles. The first-order valence-electron chi connectivity index (χ1n) is 5.25. The molecule has 0 fully saturated rings. The van der Waals surface area contributed by atoms with Crippen molar-refractivity contribution >= 4 is 11.6 Å². The second-order valence-electron chi connectivity index (χ2n) is 4.82. The predicted molar refractivity (Wildman–Crippen MR) is 63.8 cm³/mol. The summed E-state index contributed by atoms with van der Waals surface area (Å²) in [5.41, 5.74) is 6.96. The summed E-state index contributed by atoms with van der Waals surface area (Å²) < 4.78 is 5.79. The molecule has 2 atom stereocenters. The Labute approximate surface area is 100 Å². The van der Waals surface area contributed by atoms with Gasteiger partial charge in [-0.2, -0.15) is 0 Å². The van der Waals surface area contributed by atoms with Gasteiger partial charge in [0, 0.05) is 10.6 Å². The highest BCUT2D eigenvalue weighted by molar-refractivity contribution is 6.31. The molecule has 3 nitrogen and oxygen atoms in total. The highest BCUT2D eigenvalue weighted by Crippen LogP contribution is 2.40. The van der Waals surface area contributed by atoms with Crippen LogP contribution < -0.4 is 10.5 Å². The third-order valence-electron chi connectivity index (χ3n) is 3.13. The van der Waals surface area contributed by atoms with E-state index < -0.39 is 17.7 Å². The Balaban J connectivity index is 2.55. The lowest BCUT2D eigenvalue weighted by atomic mass is 9.86. The summed E-state index contributed by atoms with van der Waals surface area (Å²) in [5, 5.41) is 10.7. The number of benzene rings is 1. The average Bonchev–Trinajstić information content (AvgIpc) is 2.18. The number of aliphatic hydroxyl groups is 1. The Morgan fingerprint density at radius 2 is 2.06 bits per heavy atom. The fourth-order valence-corrected chi connectivity index (χ4v) is 2.09. The van der Waals surface area contributed by atoms with Crippen LogP contribution in [-0.4, -0.2) is 16.7 Å². The van der Waals surface area contributed by atoms with E-state index in [4.69, 9.17) is 22.1 Å². The first-order chi connectivity index (χ1) is 7.33. The second-order valence-corrected chi connectivity index (χ2v) is 5.22. The zero-order valence-corrected chi connectivity index (χ0v) is 10.4. The van der Waals surface area contributed by atoms with Crippen molar-refractivity contribution < 1.29 is 9.84 Å². The van der Waals surface area contributed by atoms with Crippen molar-refractivity contribution in [2.45, 2.75) is 38.5 Å². The zero-order valence-electron chi connectivity index (χ0n) is 9.62. The molecule has 1 aromatic rings. The Bertz CT molecular complexity index is 431. The van der Waals surface area contributed by atoms with Gasteiger partial charge in [-0.05, 0) is 38.5 Å². The lowest BCUT2D eigenvalue weighted by Gasteiger charge is -2.41. The Hall–Kier alpha value is -0.770. The molecule has 0 saturated heterocycles. The van der Waals surface area contributed by atoms with E-state index in [-0.39, 0.29) is 0 Å². The topological polar surface area (TPSA) is 55.5 Å². The van der Waals surface area contributed by atoms with E-state index in [1.165, 1.54) is 0 Å². The highest BCUT2D eigenvalue weighted by atomic mass is 35.5. The van der Waals surface area contributed by atoms with Gasteiger partial charge in [0.25, 0.3) is 0 Å². The molecule has 1 heterocycles. The summed E-state index contributed by atoms with van der Waals surface area (Å²) in [4.78, 5) is 0. The molecule has 2 rings (SSSR count). The van der Waals surface area contributed by atoms with E-state index in [2.05, 4.69) is 0 Å². The predicted octanol–water partition coefficient (Wildman–Crippen LogP) is 2.18. The molecule has 4 heteroatoms. The maximum atomic E-state index is 10.1. The van der Waals surface area contributed by atoms with Crippen LogP contribution in [0.25, 0.3) is 0 Å². The number of aryl methyl sites for hydroxylation is 1. The number of ether oxygens (including phenoxy) is 1. The SMILES string of the molecule is Cc1cc2c(cc1Cl)C(O)C(N)C(C)(C)O2. The normalized spacial score (nSPS) is 27.1. The fourth-order valence-electron chi connectivity index (χ4n) is 1.92. The number of hydrogen-bond acceptors (Lipinski definition) is 3. The minimum atomic E-state index is -0.739. The van der Waals surface area contributed by atoms with Crippen molar-refractivity contribution in [3.05, 3.63) is 28.3 Å². The van der Waals surface area contributed by atoms with E-state index in [1.54, 1.807) is 6.07 Å². The van der Waals surface area contributed by atoms with E-state index in [9.17, 15) is 5.11 Å². The van der Waals surface area contributed by atoms with Gasteiger partial charge in [0.15, 0.2) is 0 Å². The highest BCUT2D eigenvalue weighted by Gasteiger charge is 2.40. The molecule has 1 aromatic carbocycles. The minimum absolute atomic E-state index is 0.459. The lowest BCUT2D eigenvalue weighted by Crippen LogP contribution is -2.53. The summed E-state index contributed by atoms with van der Waals surface area (Å²) in [6.07, 6.45) is -0.739. The number of hydrogen-bond donors (Lipinski definition) is 2. The summed E-state index contributed by atoms with van der Waals surface area (Å²) >= 11 is 6.02. The number of fused-ring (bicyclic) bond motifs is 1. The molecule has 0 amide bonds. The molecule has 0 spiro atoms. The van der Waals surface area contributed by atoms with Gasteiger partial charge < -0.3 is 15.6 Å². The third-order valence-corrected chi connectivity index (χ3v) is 3.53. The van der Waals surface area contributed by atoms with Crippen LogP contribution in [0.2, 0.25) is 5.02 Å². The van der Waals surface area contributed by atoms with Gasteiger partial charge in [-0.25, -0.2) is 0 Å². The summed E-state index contributed by atoms with van der Waals surface area (Å²) in [7, 11) is 0. The van der Waals surface area contributed by atoms with Gasteiger partial charge in [0.1, 0.15) is 17.5 Å². The van der Waals surface area contributed by atoms with E-state index in [0.29, 0.717) is 16.3 Å². The van der Waals surface area contributed by atoms with Crippen molar-refractivity contribution in [3.63, 3.8) is 0 Å². The van der Waals surface area contributed by atoms with E-state index in [0.717, 1.165) is 5.56 Å². The maximum Gasteiger partial charge on any atom is 0.126 e. The van der Waals surface area contributed by atoms with Crippen LogP contribution in [-0.2, 0) is 0 Å². The maximum absolute atomic E-state index is 10.1. The largest absolute Gasteiger partial charge is 0.486 e. The van der Waals surface area contributed by atoms with E-state index >= 15 is 0 Å². The van der Waals surface area contributed by atoms with Gasteiger partial charge in [-0.1, -0.05) is 11.6 Å². The fraction of sp³-hybridized carbons (Fsp3) is 0.500. The molecule has 0 bridgehead atoms. The Kier molecular flexibility index (Phi) is 2.65. The van der Waals surface area contributed by atoms with Crippen LogP contribution in [0.15, 0.2) is 12.1 Å². The van der Waals surface area contributed by atoms with Crippen molar-refractivity contribution in [3.8, 4) is 5.75 Å². The van der Waals surface area contributed by atoms with Gasteiger partial charge in [-0.3, -0.25) is 0 Å². The molecule has 2 unspecified atom stereocenters. The standard InChI is InChI=1S/C12H16ClNO2/c1-6-4-9-7(5-8(6)13)10(15)11(14)12(2,3)16-9/h4-5,10-11,15H,14H2,1-3H3. The van der Waals surface area contributed by atoms with Crippen LogP contribution in [0.3, 0.4) is 0 Å². The van der Waals surface area contributed by atoms with Crippen molar-refractivity contribution in [1.29, 1.82) is 0 Å². The molecule has 0 saturated carbocycles. The number of halogens is 1. The Morgan fingerprint density at radius 3 is 2.69 bits per heavy atom. The molecule has 1 aliphatic rings. The van der Waals surface area contributed by atoms with Crippen LogP contribution in [0.5, 0.6) is 5.75 Å².